The predicted molar refractivity (Wildman–Crippen MR) is 94.2 cm³/mol. The lowest BCUT2D eigenvalue weighted by atomic mass is 10.0. The van der Waals surface area contributed by atoms with E-state index in [4.69, 9.17) is 0 Å². The fraction of sp³-hybridized carbons (Fsp3) is 0.667. The lowest BCUT2D eigenvalue weighted by molar-refractivity contribution is 0.532. The molecule has 0 aliphatic carbocycles. The van der Waals surface area contributed by atoms with E-state index in [0.29, 0.717) is 5.92 Å². The summed E-state index contributed by atoms with van der Waals surface area (Å²) in [5.41, 5.74) is 2.60. The van der Waals surface area contributed by atoms with Gasteiger partial charge in [-0.25, -0.2) is 0 Å². The van der Waals surface area contributed by atoms with Crippen molar-refractivity contribution in [3.8, 4) is 0 Å². The highest BCUT2D eigenvalue weighted by Gasteiger charge is 2.23. The second-order valence-corrected chi connectivity index (χ2v) is 8.02. The molecule has 0 radical (unpaired) electrons. The molecule has 0 heterocycles. The first-order valence-electron chi connectivity index (χ1n) is 8.18. The summed E-state index contributed by atoms with van der Waals surface area (Å²) in [6.07, 6.45) is 2.09. The highest BCUT2D eigenvalue weighted by Crippen LogP contribution is 2.22. The van der Waals surface area contributed by atoms with Gasteiger partial charge in [-0.15, -0.1) is 0 Å². The van der Waals surface area contributed by atoms with Crippen molar-refractivity contribution >= 4 is 10.8 Å². The van der Waals surface area contributed by atoms with E-state index in [1.165, 1.54) is 11.1 Å². The van der Waals surface area contributed by atoms with Crippen LogP contribution >= 0.6 is 0 Å². The van der Waals surface area contributed by atoms with Crippen LogP contribution in [0, 0.1) is 5.92 Å². The smallest absolute Gasteiger partial charge is 0.0514 e. The molecule has 0 bridgehead atoms. The van der Waals surface area contributed by atoms with Crippen LogP contribution < -0.4 is 5.32 Å². The SMILES string of the molecule is CCNC(c1ccc(CC)cc1)C(C)S(=O)CCC(C)C. The van der Waals surface area contributed by atoms with Crippen LogP contribution in [0.5, 0.6) is 0 Å². The predicted octanol–water partition coefficient (Wildman–Crippen LogP) is 4.08. The van der Waals surface area contributed by atoms with E-state index in [1.807, 2.05) is 0 Å². The van der Waals surface area contributed by atoms with Crippen LogP contribution in [-0.2, 0) is 17.2 Å². The monoisotopic (exact) mass is 309 g/mol. The van der Waals surface area contributed by atoms with Gasteiger partial charge in [0, 0.05) is 22.6 Å². The zero-order valence-corrected chi connectivity index (χ0v) is 15.0. The fourth-order valence-corrected chi connectivity index (χ4v) is 4.06. The molecule has 0 saturated heterocycles. The molecule has 0 spiro atoms. The van der Waals surface area contributed by atoms with E-state index in [2.05, 4.69) is 64.2 Å². The van der Waals surface area contributed by atoms with Crippen molar-refractivity contribution in [2.75, 3.05) is 12.3 Å². The Morgan fingerprint density at radius 2 is 1.71 bits per heavy atom. The summed E-state index contributed by atoms with van der Waals surface area (Å²) >= 11 is 0. The summed E-state index contributed by atoms with van der Waals surface area (Å²) in [5, 5.41) is 3.65. The Kier molecular flexibility index (Phi) is 8.20. The normalized spacial score (nSPS) is 15.9. The molecule has 1 aromatic rings. The van der Waals surface area contributed by atoms with Crippen LogP contribution in [0.15, 0.2) is 24.3 Å². The van der Waals surface area contributed by atoms with Crippen LogP contribution in [0.3, 0.4) is 0 Å². The Balaban J connectivity index is 2.80. The van der Waals surface area contributed by atoms with Gasteiger partial charge >= 0.3 is 0 Å². The van der Waals surface area contributed by atoms with Crippen molar-refractivity contribution in [3.05, 3.63) is 35.4 Å². The molecule has 1 rings (SSSR count). The molecule has 0 fully saturated rings. The number of nitrogens with one attached hydrogen (secondary N) is 1. The standard InChI is InChI=1S/C18H31NOS/c1-6-16-8-10-17(11-9-16)18(19-7-2)15(5)21(20)13-12-14(3)4/h8-11,14-15,18-19H,6-7,12-13H2,1-5H3. The number of hydrogen-bond acceptors (Lipinski definition) is 2. The molecule has 3 unspecified atom stereocenters. The van der Waals surface area contributed by atoms with Crippen molar-refractivity contribution in [2.45, 2.75) is 58.8 Å². The lowest BCUT2D eigenvalue weighted by Gasteiger charge is -2.25. The average molecular weight is 310 g/mol. The van der Waals surface area contributed by atoms with Crippen LogP contribution in [0.25, 0.3) is 0 Å². The highest BCUT2D eigenvalue weighted by atomic mass is 32.2. The minimum absolute atomic E-state index is 0.135. The third kappa shape index (κ3) is 5.91. The molecular weight excluding hydrogens is 278 g/mol. The highest BCUT2D eigenvalue weighted by molar-refractivity contribution is 7.85. The van der Waals surface area contributed by atoms with Gasteiger partial charge in [0.15, 0.2) is 0 Å². The quantitative estimate of drug-likeness (QED) is 0.744. The summed E-state index contributed by atoms with van der Waals surface area (Å²) in [4.78, 5) is 0. The molecule has 3 atom stereocenters. The Bertz CT molecular complexity index is 427. The lowest BCUT2D eigenvalue weighted by Crippen LogP contribution is -2.34. The van der Waals surface area contributed by atoms with Crippen LogP contribution in [-0.4, -0.2) is 21.8 Å². The maximum absolute atomic E-state index is 12.5. The van der Waals surface area contributed by atoms with E-state index in [0.717, 1.165) is 25.1 Å². The van der Waals surface area contributed by atoms with Crippen molar-refractivity contribution in [3.63, 3.8) is 0 Å². The second kappa shape index (κ2) is 9.37. The van der Waals surface area contributed by atoms with Gasteiger partial charge in [-0.2, -0.15) is 0 Å². The first-order chi connectivity index (χ1) is 9.99. The molecule has 0 amide bonds. The third-order valence-corrected chi connectivity index (χ3v) is 5.69. The Labute approximate surface area is 133 Å². The van der Waals surface area contributed by atoms with Gasteiger partial charge in [0.1, 0.15) is 0 Å². The second-order valence-electron chi connectivity index (χ2n) is 6.10. The minimum atomic E-state index is -0.787. The summed E-state index contributed by atoms with van der Waals surface area (Å²) in [6, 6.07) is 8.91. The molecule has 2 nitrogen and oxygen atoms in total. The average Bonchev–Trinajstić information content (AvgIpc) is 2.49. The topological polar surface area (TPSA) is 29.1 Å². The fourth-order valence-electron chi connectivity index (χ4n) is 2.42. The van der Waals surface area contributed by atoms with E-state index in [-0.39, 0.29) is 11.3 Å². The Morgan fingerprint density at radius 3 is 2.19 bits per heavy atom. The largest absolute Gasteiger partial charge is 0.309 e. The van der Waals surface area contributed by atoms with E-state index < -0.39 is 10.8 Å². The minimum Gasteiger partial charge on any atom is -0.309 e. The summed E-state index contributed by atoms with van der Waals surface area (Å²) in [7, 11) is -0.787. The number of hydrogen-bond donors (Lipinski definition) is 1. The van der Waals surface area contributed by atoms with Crippen molar-refractivity contribution in [2.24, 2.45) is 5.92 Å². The van der Waals surface area contributed by atoms with Crippen LogP contribution in [0.2, 0.25) is 0 Å². The van der Waals surface area contributed by atoms with Crippen molar-refractivity contribution in [1.29, 1.82) is 0 Å². The zero-order valence-electron chi connectivity index (χ0n) is 14.2. The molecule has 0 aliphatic heterocycles. The Morgan fingerprint density at radius 1 is 1.10 bits per heavy atom. The Hall–Kier alpha value is -0.670. The van der Waals surface area contributed by atoms with Crippen LogP contribution in [0.1, 0.15) is 58.2 Å². The first kappa shape index (κ1) is 18.4. The zero-order chi connectivity index (χ0) is 15.8. The molecule has 120 valence electrons. The maximum Gasteiger partial charge on any atom is 0.0514 e. The summed E-state index contributed by atoms with van der Waals surface area (Å²) in [5.74, 6) is 1.41. The molecule has 21 heavy (non-hydrogen) atoms. The molecular formula is C18H31NOS. The number of benzene rings is 1. The maximum atomic E-state index is 12.5. The molecule has 0 aromatic heterocycles. The summed E-state index contributed by atoms with van der Waals surface area (Å²) in [6.45, 7) is 11.7. The van der Waals surface area contributed by atoms with Gasteiger partial charge in [-0.3, -0.25) is 4.21 Å². The van der Waals surface area contributed by atoms with E-state index in [1.54, 1.807) is 0 Å². The molecule has 1 N–H and O–H groups in total. The van der Waals surface area contributed by atoms with Gasteiger partial charge in [0.2, 0.25) is 0 Å². The van der Waals surface area contributed by atoms with Gasteiger partial charge in [0.05, 0.1) is 5.25 Å². The number of aryl methyl sites for hydroxylation is 1. The molecule has 0 aliphatic rings. The van der Waals surface area contributed by atoms with Gasteiger partial charge in [0.25, 0.3) is 0 Å². The van der Waals surface area contributed by atoms with E-state index in [9.17, 15) is 4.21 Å². The molecule has 1 aromatic carbocycles. The first-order valence-corrected chi connectivity index (χ1v) is 9.57. The van der Waals surface area contributed by atoms with Gasteiger partial charge in [-0.1, -0.05) is 52.0 Å². The van der Waals surface area contributed by atoms with Gasteiger partial charge < -0.3 is 5.32 Å². The van der Waals surface area contributed by atoms with Crippen LogP contribution in [0.4, 0.5) is 0 Å². The third-order valence-electron chi connectivity index (χ3n) is 3.95. The number of rotatable bonds is 9. The van der Waals surface area contributed by atoms with Gasteiger partial charge in [-0.05, 0) is 43.4 Å². The van der Waals surface area contributed by atoms with Crippen molar-refractivity contribution < 1.29 is 4.21 Å². The molecule has 3 heteroatoms. The van der Waals surface area contributed by atoms with Crippen molar-refractivity contribution in [1.82, 2.24) is 5.32 Å². The molecule has 0 saturated carbocycles. The van der Waals surface area contributed by atoms with E-state index >= 15 is 0 Å². The summed E-state index contributed by atoms with van der Waals surface area (Å²) < 4.78 is 12.5.